The van der Waals surface area contributed by atoms with Crippen LogP contribution in [0.25, 0.3) is 0 Å². The maximum Gasteiger partial charge on any atom is 0.414 e. The minimum atomic E-state index is -0.536. The summed E-state index contributed by atoms with van der Waals surface area (Å²) < 4.78 is 7.24. The number of nitrogens with zero attached hydrogens (tertiary/aromatic N) is 2. The molecule has 0 aliphatic carbocycles. The standard InChI is InChI=1S/C15H21Br2IN2O2/c1-9(6-16)8-20(14(21)22-15(3,4)5)12-10(2)11(17)7-19-13(12)18/h7,9H,6,8H2,1-5H3. The number of aromatic nitrogens is 1. The number of rotatable bonds is 4. The molecule has 1 unspecified atom stereocenters. The predicted octanol–water partition coefficient (Wildman–Crippen LogP) is 5.53. The molecule has 0 aliphatic heterocycles. The predicted molar refractivity (Wildman–Crippen MR) is 106 cm³/mol. The number of hydrogen-bond donors (Lipinski definition) is 0. The van der Waals surface area contributed by atoms with Gasteiger partial charge in [-0.2, -0.15) is 0 Å². The monoisotopic (exact) mass is 546 g/mol. The van der Waals surface area contributed by atoms with Crippen molar-refractivity contribution in [1.82, 2.24) is 4.98 Å². The number of ether oxygens (including phenoxy) is 1. The molecule has 1 atom stereocenters. The van der Waals surface area contributed by atoms with Crippen molar-refractivity contribution in [2.75, 3.05) is 16.8 Å². The molecule has 7 heteroatoms. The van der Waals surface area contributed by atoms with Crippen LogP contribution >= 0.6 is 54.5 Å². The second-order valence-corrected chi connectivity index (χ2v) is 8.74. The van der Waals surface area contributed by atoms with Crippen LogP contribution in [0.1, 0.15) is 33.3 Å². The molecule has 1 amide bonds. The number of halogens is 3. The van der Waals surface area contributed by atoms with Gasteiger partial charge in [0.25, 0.3) is 0 Å². The molecule has 0 aliphatic rings. The third-order valence-corrected chi connectivity index (χ3v) is 5.54. The molecular weight excluding hydrogens is 527 g/mol. The van der Waals surface area contributed by atoms with E-state index >= 15 is 0 Å². The molecule has 1 rings (SSSR count). The number of amides is 1. The molecule has 0 saturated heterocycles. The van der Waals surface area contributed by atoms with Gasteiger partial charge in [-0.1, -0.05) is 22.9 Å². The molecule has 0 spiro atoms. The minimum absolute atomic E-state index is 0.293. The van der Waals surface area contributed by atoms with Crippen LogP contribution in [-0.4, -0.2) is 28.6 Å². The Balaban J connectivity index is 3.27. The van der Waals surface area contributed by atoms with Gasteiger partial charge in [-0.25, -0.2) is 9.78 Å². The Morgan fingerprint density at radius 3 is 2.59 bits per heavy atom. The number of anilines is 1. The van der Waals surface area contributed by atoms with Gasteiger partial charge in [0.2, 0.25) is 0 Å². The lowest BCUT2D eigenvalue weighted by Gasteiger charge is -2.30. The van der Waals surface area contributed by atoms with E-state index in [4.69, 9.17) is 4.74 Å². The average Bonchev–Trinajstić information content (AvgIpc) is 2.40. The first-order valence-electron chi connectivity index (χ1n) is 6.94. The molecule has 0 saturated carbocycles. The summed E-state index contributed by atoms with van der Waals surface area (Å²) in [7, 11) is 0. The van der Waals surface area contributed by atoms with Crippen LogP contribution in [0.15, 0.2) is 10.7 Å². The Morgan fingerprint density at radius 2 is 2.09 bits per heavy atom. The van der Waals surface area contributed by atoms with Crippen molar-refractivity contribution in [2.24, 2.45) is 5.92 Å². The van der Waals surface area contributed by atoms with Gasteiger partial charge >= 0.3 is 6.09 Å². The summed E-state index contributed by atoms with van der Waals surface area (Å²) in [5, 5.41) is 0.809. The minimum Gasteiger partial charge on any atom is -0.443 e. The van der Waals surface area contributed by atoms with Gasteiger partial charge in [0.15, 0.2) is 0 Å². The van der Waals surface area contributed by atoms with Crippen LogP contribution in [0.3, 0.4) is 0 Å². The van der Waals surface area contributed by atoms with Crippen LogP contribution in [0.5, 0.6) is 0 Å². The second kappa shape index (κ2) is 8.28. The van der Waals surface area contributed by atoms with Gasteiger partial charge in [0.05, 0.1) is 5.69 Å². The van der Waals surface area contributed by atoms with Gasteiger partial charge in [0.1, 0.15) is 9.30 Å². The van der Waals surface area contributed by atoms with Gasteiger partial charge in [-0.15, -0.1) is 0 Å². The first kappa shape index (κ1) is 20.2. The van der Waals surface area contributed by atoms with E-state index in [1.807, 2.05) is 27.7 Å². The highest BCUT2D eigenvalue weighted by molar-refractivity contribution is 14.1. The van der Waals surface area contributed by atoms with E-state index < -0.39 is 5.60 Å². The fourth-order valence-electron chi connectivity index (χ4n) is 1.79. The second-order valence-electron chi connectivity index (χ2n) is 6.22. The van der Waals surface area contributed by atoms with Crippen molar-refractivity contribution in [3.8, 4) is 0 Å². The highest BCUT2D eigenvalue weighted by Crippen LogP contribution is 2.32. The maximum absolute atomic E-state index is 12.7. The maximum atomic E-state index is 12.7. The summed E-state index contributed by atoms with van der Waals surface area (Å²) in [6.07, 6.45) is 1.41. The van der Waals surface area contributed by atoms with E-state index in [9.17, 15) is 4.79 Å². The Labute approximate surface area is 162 Å². The Morgan fingerprint density at radius 1 is 1.50 bits per heavy atom. The van der Waals surface area contributed by atoms with E-state index in [0.717, 1.165) is 24.8 Å². The van der Waals surface area contributed by atoms with E-state index in [-0.39, 0.29) is 6.09 Å². The van der Waals surface area contributed by atoms with E-state index in [0.29, 0.717) is 12.5 Å². The normalized spacial score (nSPS) is 12.9. The lowest BCUT2D eigenvalue weighted by atomic mass is 10.1. The number of pyridine rings is 1. The van der Waals surface area contributed by atoms with E-state index in [1.165, 1.54) is 0 Å². The highest BCUT2D eigenvalue weighted by Gasteiger charge is 2.28. The molecule has 0 radical (unpaired) electrons. The molecular formula is C15H21Br2IN2O2. The van der Waals surface area contributed by atoms with Crippen LogP contribution in [0.4, 0.5) is 10.5 Å². The molecule has 0 fully saturated rings. The SMILES string of the molecule is Cc1c(Br)cnc(I)c1N(CC(C)CBr)C(=O)OC(C)(C)C. The zero-order chi connectivity index (χ0) is 17.1. The zero-order valence-electron chi connectivity index (χ0n) is 13.4. The van der Waals surface area contributed by atoms with Crippen LogP contribution in [0.2, 0.25) is 0 Å². The number of hydrogen-bond acceptors (Lipinski definition) is 3. The molecule has 1 aromatic rings. The Kier molecular flexibility index (Phi) is 7.59. The molecule has 4 nitrogen and oxygen atoms in total. The van der Waals surface area contributed by atoms with Gasteiger partial charge < -0.3 is 4.74 Å². The first-order valence-corrected chi connectivity index (χ1v) is 9.93. The Bertz CT molecular complexity index is 547. The highest BCUT2D eigenvalue weighted by atomic mass is 127. The first-order chi connectivity index (χ1) is 10.1. The number of carbonyl (C=O) groups excluding carboxylic acids is 1. The lowest BCUT2D eigenvalue weighted by molar-refractivity contribution is 0.0576. The zero-order valence-corrected chi connectivity index (χ0v) is 18.7. The topological polar surface area (TPSA) is 42.4 Å². The molecule has 22 heavy (non-hydrogen) atoms. The van der Waals surface area contributed by atoms with Gasteiger partial charge in [0, 0.05) is 22.5 Å². The molecule has 0 bridgehead atoms. The molecule has 0 N–H and O–H groups in total. The summed E-state index contributed by atoms with van der Waals surface area (Å²) in [6, 6.07) is 0. The molecule has 1 heterocycles. The van der Waals surface area contributed by atoms with Gasteiger partial charge in [-0.3, -0.25) is 4.90 Å². The van der Waals surface area contributed by atoms with Crippen molar-refractivity contribution in [1.29, 1.82) is 0 Å². The van der Waals surface area contributed by atoms with E-state index in [1.54, 1.807) is 11.1 Å². The van der Waals surface area contributed by atoms with Crippen LogP contribution < -0.4 is 4.90 Å². The van der Waals surface area contributed by atoms with Gasteiger partial charge in [-0.05, 0) is 77.7 Å². The third kappa shape index (κ3) is 5.63. The van der Waals surface area contributed by atoms with Crippen molar-refractivity contribution in [2.45, 2.75) is 40.2 Å². The summed E-state index contributed by atoms with van der Waals surface area (Å²) in [4.78, 5) is 18.7. The average molecular weight is 548 g/mol. The van der Waals surface area contributed by atoms with Crippen LogP contribution in [-0.2, 0) is 4.74 Å². The smallest absolute Gasteiger partial charge is 0.414 e. The fourth-order valence-corrected chi connectivity index (χ4v) is 3.12. The summed E-state index contributed by atoms with van der Waals surface area (Å²) in [5.41, 5.74) is 1.25. The van der Waals surface area contributed by atoms with Crippen molar-refractivity contribution >= 4 is 66.2 Å². The van der Waals surface area contributed by atoms with Crippen molar-refractivity contribution in [3.63, 3.8) is 0 Å². The van der Waals surface area contributed by atoms with Crippen molar-refractivity contribution in [3.05, 3.63) is 19.9 Å². The summed E-state index contributed by atoms with van der Waals surface area (Å²) in [6.45, 7) is 10.2. The quantitative estimate of drug-likeness (QED) is 0.283. The number of alkyl halides is 1. The number of carbonyl (C=O) groups is 1. The molecule has 124 valence electrons. The Hall–Kier alpha value is 0.110. The fraction of sp³-hybridized carbons (Fsp3) is 0.600. The summed E-state index contributed by atoms with van der Waals surface area (Å²) >= 11 is 9.12. The van der Waals surface area contributed by atoms with E-state index in [2.05, 4.69) is 66.4 Å². The largest absolute Gasteiger partial charge is 0.443 e. The molecule has 0 aromatic carbocycles. The molecule has 1 aromatic heterocycles. The summed E-state index contributed by atoms with van der Waals surface area (Å²) in [5.74, 6) is 0.293. The van der Waals surface area contributed by atoms with Crippen LogP contribution in [0, 0.1) is 16.5 Å². The third-order valence-electron chi connectivity index (χ3n) is 2.84. The lowest BCUT2D eigenvalue weighted by Crippen LogP contribution is -2.40. The van der Waals surface area contributed by atoms with Crippen molar-refractivity contribution < 1.29 is 9.53 Å².